The number of amides is 4. The summed E-state index contributed by atoms with van der Waals surface area (Å²) < 4.78 is 65.2. The minimum atomic E-state index is -3.68. The molecule has 0 aliphatic carbocycles. The van der Waals surface area contributed by atoms with Gasteiger partial charge in [0.25, 0.3) is 11.8 Å². The molecule has 20 heteroatoms. The number of nitrogens with two attached hydrogens (primary N) is 1. The highest BCUT2D eigenvalue weighted by Gasteiger charge is 2.46. The van der Waals surface area contributed by atoms with Gasteiger partial charge in [-0.3, -0.25) is 34.2 Å². The number of nitrogens with one attached hydrogen (secondary N) is 1. The van der Waals surface area contributed by atoms with E-state index in [9.17, 15) is 37.5 Å². The molecule has 1 saturated heterocycles. The number of imide groups is 2. The molecule has 2 aliphatic rings. The van der Waals surface area contributed by atoms with Gasteiger partial charge in [-0.25, -0.2) is 8.42 Å². The lowest BCUT2D eigenvalue weighted by Gasteiger charge is -2.27. The number of carbonyl (C=O) groups excluding carboxylic acids is 4. The average Bonchev–Trinajstić information content (AvgIpc) is 3.53. The van der Waals surface area contributed by atoms with Gasteiger partial charge >= 0.3 is 0 Å². The molecule has 2 aliphatic heterocycles. The summed E-state index contributed by atoms with van der Waals surface area (Å²) in [7, 11) is -3.68. The van der Waals surface area contributed by atoms with Crippen LogP contribution in [0, 0.1) is 0 Å². The SMILES string of the molecule is CCOc1cc2oc(-c3ccc(OCCOCCOCCOCCOc4cccc5c4C(=O)N(C4CCC(=O)NC4=O)C5=O)cc3Cl)cc(=O)c2cc1-c1cc(C(N)O)cc(S(C)(=O)=O)c1. The number of nitrogens with zero attached hydrogens (tertiary/aromatic N) is 1. The Labute approximate surface area is 383 Å². The summed E-state index contributed by atoms with van der Waals surface area (Å²) >= 11 is 6.64. The molecule has 0 spiro atoms. The largest absolute Gasteiger partial charge is 0.493 e. The second kappa shape index (κ2) is 21.0. The molecule has 4 amide bonds. The first-order chi connectivity index (χ1) is 31.6. The van der Waals surface area contributed by atoms with Crippen molar-refractivity contribution >= 4 is 56.0 Å². The summed E-state index contributed by atoms with van der Waals surface area (Å²) in [5, 5.41) is 12.7. The van der Waals surface area contributed by atoms with Gasteiger partial charge in [-0.1, -0.05) is 17.7 Å². The molecule has 0 bridgehead atoms. The van der Waals surface area contributed by atoms with Crippen molar-refractivity contribution in [3.8, 4) is 39.7 Å². The molecule has 7 rings (SSSR count). The molecule has 18 nitrogen and oxygen atoms in total. The van der Waals surface area contributed by atoms with Gasteiger partial charge in [-0.15, -0.1) is 0 Å². The highest BCUT2D eigenvalue weighted by atomic mass is 35.5. The molecule has 2 unspecified atom stereocenters. The van der Waals surface area contributed by atoms with Gasteiger partial charge in [0, 0.05) is 35.9 Å². The summed E-state index contributed by atoms with van der Waals surface area (Å²) in [4.78, 5) is 64.4. The number of halogens is 1. The molecule has 0 saturated carbocycles. The van der Waals surface area contributed by atoms with E-state index in [1.807, 2.05) is 0 Å². The number of ether oxygens (including phenoxy) is 6. The lowest BCUT2D eigenvalue weighted by molar-refractivity contribution is -0.136. The summed E-state index contributed by atoms with van der Waals surface area (Å²) in [5.74, 6) is -1.25. The highest BCUT2D eigenvalue weighted by Crippen LogP contribution is 2.39. The zero-order valence-electron chi connectivity index (χ0n) is 35.8. The molecule has 3 heterocycles. The van der Waals surface area contributed by atoms with Crippen LogP contribution in [0.3, 0.4) is 0 Å². The van der Waals surface area contributed by atoms with E-state index in [1.54, 1.807) is 49.4 Å². The van der Waals surface area contributed by atoms with Gasteiger partial charge in [0.15, 0.2) is 15.3 Å². The third-order valence-electron chi connectivity index (χ3n) is 10.5. The fourth-order valence-corrected chi connectivity index (χ4v) is 8.29. The maximum absolute atomic E-state index is 13.5. The second-order valence-corrected chi connectivity index (χ2v) is 17.5. The topological polar surface area (TPSA) is 250 Å². The first kappa shape index (κ1) is 47.8. The lowest BCUT2D eigenvalue weighted by Crippen LogP contribution is -2.54. The predicted molar refractivity (Wildman–Crippen MR) is 238 cm³/mol. The van der Waals surface area contributed by atoms with E-state index in [1.165, 1.54) is 30.3 Å². The van der Waals surface area contributed by atoms with Crippen LogP contribution in [0.4, 0.5) is 0 Å². The van der Waals surface area contributed by atoms with Crippen molar-refractivity contribution in [1.29, 1.82) is 0 Å². The summed E-state index contributed by atoms with van der Waals surface area (Å²) in [6.45, 7) is 3.91. The average molecular weight is 948 g/mol. The molecule has 4 N–H and O–H groups in total. The second-order valence-electron chi connectivity index (χ2n) is 15.1. The Hall–Kier alpha value is -6.19. The molecule has 348 valence electrons. The van der Waals surface area contributed by atoms with Crippen molar-refractivity contribution in [3.63, 3.8) is 0 Å². The van der Waals surface area contributed by atoms with E-state index in [0.29, 0.717) is 41.4 Å². The van der Waals surface area contributed by atoms with Gasteiger partial charge < -0.3 is 43.7 Å². The number of piperidine rings is 1. The van der Waals surface area contributed by atoms with Crippen molar-refractivity contribution in [1.82, 2.24) is 10.2 Å². The van der Waals surface area contributed by atoms with E-state index in [0.717, 1.165) is 11.2 Å². The lowest BCUT2D eigenvalue weighted by atomic mass is 9.99. The third-order valence-corrected chi connectivity index (χ3v) is 11.9. The first-order valence-electron chi connectivity index (χ1n) is 20.8. The third kappa shape index (κ3) is 10.9. The zero-order valence-corrected chi connectivity index (χ0v) is 37.4. The number of sulfone groups is 1. The normalized spacial score (nSPS) is 15.5. The molecular formula is C46H46ClN3O15S. The number of carbonyl (C=O) groups is 4. The summed E-state index contributed by atoms with van der Waals surface area (Å²) in [6, 6.07) is 17.1. The fraction of sp³-hybridized carbons (Fsp3) is 0.326. The Morgan fingerprint density at radius 2 is 1.50 bits per heavy atom. The van der Waals surface area contributed by atoms with Crippen LogP contribution in [-0.2, 0) is 33.6 Å². The van der Waals surface area contributed by atoms with E-state index in [-0.39, 0.29) is 114 Å². The van der Waals surface area contributed by atoms with Crippen LogP contribution in [-0.4, -0.2) is 114 Å². The Balaban J connectivity index is 0.834. The van der Waals surface area contributed by atoms with Crippen molar-refractivity contribution in [3.05, 3.63) is 105 Å². The van der Waals surface area contributed by atoms with Gasteiger partial charge in [0.05, 0.1) is 72.7 Å². The summed E-state index contributed by atoms with van der Waals surface area (Å²) in [6.07, 6.45) is -0.323. The smallest absolute Gasteiger partial charge is 0.266 e. The Bertz CT molecular complexity index is 2850. The number of aliphatic hydroxyl groups is 1. The number of hydrogen-bond donors (Lipinski definition) is 3. The Kier molecular flexibility index (Phi) is 15.2. The van der Waals surface area contributed by atoms with Crippen LogP contribution in [0.1, 0.15) is 52.3 Å². The fourth-order valence-electron chi connectivity index (χ4n) is 7.34. The van der Waals surface area contributed by atoms with Crippen LogP contribution in [0.15, 0.2) is 86.9 Å². The number of fused-ring (bicyclic) bond motifs is 2. The molecule has 2 atom stereocenters. The maximum Gasteiger partial charge on any atom is 0.266 e. The number of aliphatic hydroxyl groups excluding tert-OH is 1. The molecule has 1 aromatic heterocycles. The van der Waals surface area contributed by atoms with Crippen molar-refractivity contribution < 1.29 is 65.5 Å². The maximum atomic E-state index is 13.5. The van der Waals surface area contributed by atoms with Gasteiger partial charge in [0.1, 0.15) is 54.1 Å². The van der Waals surface area contributed by atoms with Crippen molar-refractivity contribution in [2.24, 2.45) is 5.73 Å². The standard InChI is InChI=1S/C46H46ClN3O15S/c1-3-62-38-25-40-33(23-32(38)26-19-27(43(48)53)21-29(20-26)66(2,57)58)36(51)24-39(65-40)30-8-7-28(22-34(30)47)63-17-15-60-13-11-59-12-14-61-16-18-64-37-6-4-5-31-42(37)46(56)50(45(31)55)35-9-10-41(52)49-44(35)54/h4-8,19-25,35,43,53H,3,9-18,48H2,1-2H3,(H,49,52,54). The molecule has 0 radical (unpaired) electrons. The van der Waals surface area contributed by atoms with E-state index >= 15 is 0 Å². The zero-order chi connectivity index (χ0) is 47.1. The van der Waals surface area contributed by atoms with E-state index < -0.39 is 45.7 Å². The van der Waals surface area contributed by atoms with Crippen LogP contribution in [0.25, 0.3) is 33.4 Å². The monoisotopic (exact) mass is 947 g/mol. The van der Waals surface area contributed by atoms with Crippen molar-refractivity contribution in [2.75, 3.05) is 65.7 Å². The van der Waals surface area contributed by atoms with Crippen molar-refractivity contribution in [2.45, 2.75) is 36.9 Å². The number of rotatable bonds is 21. The minimum absolute atomic E-state index is 0.0248. The number of hydrogen-bond acceptors (Lipinski definition) is 16. The molecule has 1 fully saturated rings. The van der Waals surface area contributed by atoms with Gasteiger partial charge in [-0.2, -0.15) is 0 Å². The van der Waals surface area contributed by atoms with E-state index in [4.69, 9.17) is 50.2 Å². The minimum Gasteiger partial charge on any atom is -0.493 e. The molecule has 4 aromatic carbocycles. The van der Waals surface area contributed by atoms with Crippen LogP contribution >= 0.6 is 11.6 Å². The predicted octanol–water partition coefficient (Wildman–Crippen LogP) is 4.44. The van der Waals surface area contributed by atoms with Crippen LogP contribution < -0.4 is 30.7 Å². The number of benzene rings is 4. The van der Waals surface area contributed by atoms with Crippen LogP contribution in [0.2, 0.25) is 5.02 Å². The highest BCUT2D eigenvalue weighted by molar-refractivity contribution is 7.90. The van der Waals surface area contributed by atoms with Crippen LogP contribution in [0.5, 0.6) is 17.2 Å². The van der Waals surface area contributed by atoms with E-state index in [2.05, 4.69) is 5.32 Å². The quantitative estimate of drug-likeness (QED) is 0.0523. The molecule has 5 aromatic rings. The van der Waals surface area contributed by atoms with Gasteiger partial charge in [0.2, 0.25) is 11.8 Å². The molecule has 66 heavy (non-hydrogen) atoms. The summed E-state index contributed by atoms with van der Waals surface area (Å²) in [5.41, 5.74) is 7.07. The molecular weight excluding hydrogens is 902 g/mol. The van der Waals surface area contributed by atoms with Gasteiger partial charge in [-0.05, 0) is 79.1 Å². The Morgan fingerprint density at radius 3 is 2.15 bits per heavy atom. The first-order valence-corrected chi connectivity index (χ1v) is 23.1. The Morgan fingerprint density at radius 1 is 0.803 bits per heavy atom.